The number of rotatable bonds is 3. The van der Waals surface area contributed by atoms with E-state index in [4.69, 9.17) is 4.74 Å². The molecule has 30 heavy (non-hydrogen) atoms. The first-order valence-electron chi connectivity index (χ1n) is 10.2. The first kappa shape index (κ1) is 20.2. The standard InChI is InChI=1S/C23H23Br2N3O2/c1-23-8-7-16(25)11-19(23)18-10-15(24)5-6-20(18)28(23)13-17-12-27(22(29)14-30-17)21-4-2-3-9-26-21/h2-9,11,17-19H,10,12-14H2,1H3. The quantitative estimate of drug-likeness (QED) is 0.573. The number of hydrogen-bond acceptors (Lipinski definition) is 4. The van der Waals surface area contributed by atoms with E-state index in [0.29, 0.717) is 24.2 Å². The van der Waals surface area contributed by atoms with Crippen LogP contribution in [0.4, 0.5) is 5.82 Å². The van der Waals surface area contributed by atoms with E-state index < -0.39 is 0 Å². The second-order valence-electron chi connectivity index (χ2n) is 8.39. The summed E-state index contributed by atoms with van der Waals surface area (Å²) in [4.78, 5) is 21.1. The van der Waals surface area contributed by atoms with Crippen LogP contribution in [0.15, 0.2) is 69.4 Å². The molecule has 4 atom stereocenters. The van der Waals surface area contributed by atoms with Crippen molar-refractivity contribution in [3.8, 4) is 0 Å². The monoisotopic (exact) mass is 531 g/mol. The van der Waals surface area contributed by atoms with Crippen LogP contribution < -0.4 is 4.90 Å². The van der Waals surface area contributed by atoms with Crippen molar-refractivity contribution in [1.29, 1.82) is 0 Å². The summed E-state index contributed by atoms with van der Waals surface area (Å²) in [5, 5.41) is 0. The second kappa shape index (κ2) is 7.77. The molecule has 0 saturated carbocycles. The van der Waals surface area contributed by atoms with E-state index in [-0.39, 0.29) is 24.2 Å². The molecule has 2 saturated heterocycles. The van der Waals surface area contributed by atoms with Crippen LogP contribution in [0.25, 0.3) is 0 Å². The number of carbonyl (C=O) groups excluding carboxylic acids is 1. The van der Waals surface area contributed by atoms with E-state index in [1.54, 1.807) is 11.1 Å². The molecule has 0 radical (unpaired) electrons. The third-order valence-electron chi connectivity index (χ3n) is 6.59. The first-order valence-corrected chi connectivity index (χ1v) is 11.8. The Hall–Kier alpha value is -1.70. The lowest BCUT2D eigenvalue weighted by molar-refractivity contribution is -0.130. The van der Waals surface area contributed by atoms with Gasteiger partial charge in [0.15, 0.2) is 0 Å². The lowest BCUT2D eigenvalue weighted by atomic mass is 9.76. The molecule has 1 aromatic rings. The molecular formula is C23H23Br2N3O2. The zero-order valence-electron chi connectivity index (χ0n) is 16.7. The van der Waals surface area contributed by atoms with E-state index in [1.165, 1.54) is 10.2 Å². The SMILES string of the molecule is CC12C=CC(Br)=CC1C1CC(Br)=CC=C1N2CC1CN(c2ccccn2)C(=O)CO1. The number of ether oxygens (including phenoxy) is 1. The van der Waals surface area contributed by atoms with Crippen LogP contribution in [-0.4, -0.2) is 47.1 Å². The minimum Gasteiger partial charge on any atom is -0.365 e. The lowest BCUT2D eigenvalue weighted by Gasteiger charge is -2.42. The minimum absolute atomic E-state index is 0.0403. The van der Waals surface area contributed by atoms with Gasteiger partial charge >= 0.3 is 0 Å². The van der Waals surface area contributed by atoms with Gasteiger partial charge < -0.3 is 9.64 Å². The fourth-order valence-electron chi connectivity index (χ4n) is 5.09. The van der Waals surface area contributed by atoms with Crippen molar-refractivity contribution in [3.63, 3.8) is 0 Å². The summed E-state index contributed by atoms with van der Waals surface area (Å²) in [5.74, 6) is 1.44. The van der Waals surface area contributed by atoms with Crippen molar-refractivity contribution >= 4 is 43.6 Å². The molecule has 4 unspecified atom stereocenters. The lowest BCUT2D eigenvalue weighted by Crippen LogP contribution is -2.54. The number of morpholine rings is 1. The molecule has 7 heteroatoms. The van der Waals surface area contributed by atoms with Crippen LogP contribution in [0.5, 0.6) is 0 Å². The van der Waals surface area contributed by atoms with Gasteiger partial charge in [-0.1, -0.05) is 56.2 Å². The number of carbonyl (C=O) groups is 1. The molecule has 0 N–H and O–H groups in total. The maximum Gasteiger partial charge on any atom is 0.254 e. The van der Waals surface area contributed by atoms with Crippen molar-refractivity contribution < 1.29 is 9.53 Å². The van der Waals surface area contributed by atoms with Gasteiger partial charge in [0.05, 0.1) is 18.2 Å². The maximum absolute atomic E-state index is 12.5. The Morgan fingerprint density at radius 1 is 1.30 bits per heavy atom. The molecule has 0 aromatic carbocycles. The van der Waals surface area contributed by atoms with E-state index in [0.717, 1.165) is 17.4 Å². The van der Waals surface area contributed by atoms with Crippen molar-refractivity contribution in [2.24, 2.45) is 11.8 Å². The number of likely N-dealkylation sites (tertiary alicyclic amines) is 1. The molecule has 4 aliphatic rings. The van der Waals surface area contributed by atoms with Gasteiger partial charge in [-0.05, 0) is 42.1 Å². The number of allylic oxidation sites excluding steroid dienone is 6. The van der Waals surface area contributed by atoms with E-state index in [1.807, 2.05) is 18.2 Å². The Labute approximate surface area is 193 Å². The summed E-state index contributed by atoms with van der Waals surface area (Å²) in [7, 11) is 0. The Balaban J connectivity index is 1.43. The van der Waals surface area contributed by atoms with Gasteiger partial charge in [-0.3, -0.25) is 9.69 Å². The topological polar surface area (TPSA) is 45.7 Å². The fourth-order valence-corrected chi connectivity index (χ4v) is 5.98. The largest absolute Gasteiger partial charge is 0.365 e. The van der Waals surface area contributed by atoms with Crippen molar-refractivity contribution in [3.05, 3.63) is 69.4 Å². The number of halogens is 2. The molecule has 2 aliphatic carbocycles. The molecule has 1 amide bonds. The Bertz CT molecular complexity index is 987. The van der Waals surface area contributed by atoms with Crippen LogP contribution in [0.1, 0.15) is 13.3 Å². The number of pyridine rings is 1. The van der Waals surface area contributed by atoms with Crippen molar-refractivity contribution in [2.75, 3.05) is 24.6 Å². The summed E-state index contributed by atoms with van der Waals surface area (Å²) in [6.07, 6.45) is 13.8. The van der Waals surface area contributed by atoms with Crippen LogP contribution in [0.2, 0.25) is 0 Å². The van der Waals surface area contributed by atoms with Crippen LogP contribution >= 0.6 is 31.9 Å². The number of hydrogen-bond donors (Lipinski definition) is 0. The number of fused-ring (bicyclic) bond motifs is 3. The predicted octanol–water partition coefficient (Wildman–Crippen LogP) is 4.54. The molecule has 2 aliphatic heterocycles. The van der Waals surface area contributed by atoms with Crippen molar-refractivity contribution in [2.45, 2.75) is 25.0 Å². The molecule has 3 heterocycles. The van der Waals surface area contributed by atoms with Gasteiger partial charge in [0.2, 0.25) is 0 Å². The summed E-state index contributed by atoms with van der Waals surface area (Å²) < 4.78 is 8.36. The Morgan fingerprint density at radius 3 is 2.97 bits per heavy atom. The molecule has 0 spiro atoms. The smallest absolute Gasteiger partial charge is 0.254 e. The Kier molecular flexibility index (Phi) is 5.24. The van der Waals surface area contributed by atoms with Crippen LogP contribution in [0, 0.1) is 11.8 Å². The van der Waals surface area contributed by atoms with E-state index >= 15 is 0 Å². The van der Waals surface area contributed by atoms with Gasteiger partial charge in [0.25, 0.3) is 5.91 Å². The number of nitrogens with zero attached hydrogens (tertiary/aromatic N) is 3. The summed E-state index contributed by atoms with van der Waals surface area (Å²) in [6, 6.07) is 5.64. The normalized spacial score (nSPS) is 33.0. The molecule has 5 rings (SSSR count). The fraction of sp³-hybridized carbons (Fsp3) is 0.391. The van der Waals surface area contributed by atoms with Crippen LogP contribution in [-0.2, 0) is 9.53 Å². The van der Waals surface area contributed by atoms with E-state index in [2.05, 4.69) is 79.0 Å². The average molecular weight is 533 g/mol. The highest BCUT2D eigenvalue weighted by Crippen LogP contribution is 2.53. The zero-order valence-corrected chi connectivity index (χ0v) is 19.8. The highest BCUT2D eigenvalue weighted by Gasteiger charge is 2.53. The summed E-state index contributed by atoms with van der Waals surface area (Å²) in [6.45, 7) is 3.63. The third-order valence-corrected chi connectivity index (χ3v) is 7.71. The predicted molar refractivity (Wildman–Crippen MR) is 124 cm³/mol. The van der Waals surface area contributed by atoms with Gasteiger partial charge in [-0.25, -0.2) is 4.98 Å². The minimum atomic E-state index is -0.125. The van der Waals surface area contributed by atoms with Gasteiger partial charge in [-0.2, -0.15) is 0 Å². The van der Waals surface area contributed by atoms with Crippen LogP contribution in [0.3, 0.4) is 0 Å². The van der Waals surface area contributed by atoms with Gasteiger partial charge in [0, 0.05) is 34.8 Å². The van der Waals surface area contributed by atoms with E-state index in [9.17, 15) is 4.79 Å². The van der Waals surface area contributed by atoms with Gasteiger partial charge in [0.1, 0.15) is 12.4 Å². The Morgan fingerprint density at radius 2 is 2.17 bits per heavy atom. The molecule has 5 nitrogen and oxygen atoms in total. The van der Waals surface area contributed by atoms with Crippen molar-refractivity contribution in [1.82, 2.24) is 9.88 Å². The zero-order chi connectivity index (χ0) is 20.9. The average Bonchev–Trinajstić information content (AvgIpc) is 2.98. The molecule has 2 fully saturated rings. The molecule has 156 valence electrons. The molecule has 1 aromatic heterocycles. The summed E-state index contributed by atoms with van der Waals surface area (Å²) in [5.41, 5.74) is 1.22. The molecular weight excluding hydrogens is 510 g/mol. The molecule has 0 bridgehead atoms. The number of amides is 1. The summed E-state index contributed by atoms with van der Waals surface area (Å²) >= 11 is 7.38. The second-order valence-corrected chi connectivity index (χ2v) is 10.3. The number of aromatic nitrogens is 1. The van der Waals surface area contributed by atoms with Gasteiger partial charge in [-0.15, -0.1) is 0 Å². The third kappa shape index (κ3) is 3.41. The first-order chi connectivity index (χ1) is 14.5. The maximum atomic E-state index is 12.5. The number of anilines is 1. The highest BCUT2D eigenvalue weighted by molar-refractivity contribution is 9.12. The highest BCUT2D eigenvalue weighted by atomic mass is 79.9.